The van der Waals surface area contributed by atoms with Gasteiger partial charge < -0.3 is 28.6 Å². The number of nitrogens with one attached hydrogen (secondary N) is 2. The monoisotopic (exact) mass is 786 g/mol. The maximum Gasteiger partial charge on any atom is 0.513 e. The molecule has 3 aromatic rings. The Kier molecular flexibility index (Phi) is 16.7. The highest BCUT2D eigenvalue weighted by Gasteiger charge is 2.38. The number of hydrogen-bond acceptors (Lipinski definition) is 9. The average molecular weight is 787 g/mol. The molecule has 11 nitrogen and oxygen atoms in total. The Morgan fingerprint density at radius 3 is 1.89 bits per heavy atom. The van der Waals surface area contributed by atoms with E-state index in [9.17, 15) is 40.9 Å². The Balaban J connectivity index is 1.84. The Labute approximate surface area is 310 Å². The van der Waals surface area contributed by atoms with E-state index in [4.69, 9.17) is 23.3 Å². The van der Waals surface area contributed by atoms with Crippen LogP contribution in [0.15, 0.2) is 54.6 Å². The molecule has 1 amide bonds. The van der Waals surface area contributed by atoms with Gasteiger partial charge in [0.1, 0.15) is 24.4 Å². The van der Waals surface area contributed by atoms with E-state index in [1.807, 2.05) is 27.7 Å². The molecular formula is C37H44F5N2O9P. The minimum absolute atomic E-state index is 0.00366. The third kappa shape index (κ3) is 13.0. The van der Waals surface area contributed by atoms with E-state index in [0.29, 0.717) is 30.4 Å². The summed E-state index contributed by atoms with van der Waals surface area (Å²) < 4.78 is 111. The third-order valence-corrected chi connectivity index (χ3v) is 9.60. The second-order valence-electron chi connectivity index (χ2n) is 12.7. The van der Waals surface area contributed by atoms with E-state index in [1.165, 1.54) is 24.3 Å². The van der Waals surface area contributed by atoms with Crippen molar-refractivity contribution in [2.45, 2.75) is 79.0 Å². The van der Waals surface area contributed by atoms with Crippen molar-refractivity contribution < 1.29 is 64.2 Å². The normalized spacial score (nSPS) is 13.5. The van der Waals surface area contributed by atoms with Gasteiger partial charge in [0.25, 0.3) is 0 Å². The molecule has 0 saturated carbocycles. The van der Waals surface area contributed by atoms with Crippen molar-refractivity contribution in [3.05, 3.63) is 94.8 Å². The lowest BCUT2D eigenvalue weighted by molar-refractivity contribution is -0.147. The number of hydrogen-bond donors (Lipinski definition) is 2. The average Bonchev–Trinajstić information content (AvgIpc) is 3.15. The van der Waals surface area contributed by atoms with Gasteiger partial charge in [-0.15, -0.1) is 0 Å². The molecule has 0 fully saturated rings. The summed E-state index contributed by atoms with van der Waals surface area (Å²) in [7, 11) is -5.21. The Morgan fingerprint density at radius 1 is 0.722 bits per heavy atom. The van der Waals surface area contributed by atoms with Gasteiger partial charge in [-0.2, -0.15) is 13.9 Å². The molecule has 2 N–H and O–H groups in total. The van der Waals surface area contributed by atoms with Gasteiger partial charge >= 0.3 is 25.8 Å². The molecule has 1 unspecified atom stereocenters. The number of ether oxygens (including phenoxy) is 3. The van der Waals surface area contributed by atoms with Gasteiger partial charge in [0.05, 0.1) is 13.2 Å². The molecule has 3 rings (SSSR count). The first-order valence-electron chi connectivity index (χ1n) is 17.2. The molecule has 17 heteroatoms. The fourth-order valence-corrected chi connectivity index (χ4v) is 6.18. The van der Waals surface area contributed by atoms with Crippen LogP contribution < -0.4 is 19.5 Å². The lowest BCUT2D eigenvalue weighted by Gasteiger charge is -2.24. The van der Waals surface area contributed by atoms with Crippen molar-refractivity contribution in [2.75, 3.05) is 13.2 Å². The van der Waals surface area contributed by atoms with Crippen LogP contribution in [-0.2, 0) is 41.4 Å². The first-order chi connectivity index (χ1) is 25.6. The van der Waals surface area contributed by atoms with Crippen molar-refractivity contribution >= 4 is 25.8 Å². The largest absolute Gasteiger partial charge is 0.513 e. The zero-order valence-electron chi connectivity index (χ0n) is 30.5. The topological polar surface area (TPSA) is 138 Å². The summed E-state index contributed by atoms with van der Waals surface area (Å²) in [5.74, 6) is -15.8. The highest BCUT2D eigenvalue weighted by atomic mass is 31.2. The zero-order chi connectivity index (χ0) is 40.0. The highest BCUT2D eigenvalue weighted by molar-refractivity contribution is 7.52. The summed E-state index contributed by atoms with van der Waals surface area (Å²) in [4.78, 5) is 38.4. The van der Waals surface area contributed by atoms with E-state index in [1.54, 1.807) is 30.3 Å². The number of benzene rings is 3. The first-order valence-corrected chi connectivity index (χ1v) is 18.8. The van der Waals surface area contributed by atoms with Crippen molar-refractivity contribution in [2.24, 2.45) is 11.8 Å². The minimum atomic E-state index is -5.21. The maximum absolute atomic E-state index is 14.6. The molecule has 54 heavy (non-hydrogen) atoms. The molecule has 3 aromatic carbocycles. The smallest absolute Gasteiger partial charge is 0.464 e. The van der Waals surface area contributed by atoms with Crippen molar-refractivity contribution in [3.63, 3.8) is 0 Å². The van der Waals surface area contributed by atoms with Crippen LogP contribution in [0.5, 0.6) is 11.5 Å². The van der Waals surface area contributed by atoms with Crippen molar-refractivity contribution in [1.29, 1.82) is 0 Å². The van der Waals surface area contributed by atoms with Crippen molar-refractivity contribution in [1.82, 2.24) is 10.4 Å². The Hall–Kier alpha value is -4.69. The molecule has 296 valence electrons. The Morgan fingerprint density at radius 2 is 1.31 bits per heavy atom. The SMILES string of the molecule is CCC(CC)COC(=O)[C@H](C)NP(=O)(Oc1ccc(C[C@H](NC(=O)OCc2ccccc2)C(=O)OCCC(C)C)cc1)Oc1c(F)c(F)c(F)c(F)c1F. The maximum atomic E-state index is 14.6. The lowest BCUT2D eigenvalue weighted by Crippen LogP contribution is -2.43. The van der Waals surface area contributed by atoms with Crippen LogP contribution in [0, 0.1) is 40.9 Å². The number of carbonyl (C=O) groups excluding carboxylic acids is 3. The molecule has 0 bridgehead atoms. The number of rotatable bonds is 20. The van der Waals surface area contributed by atoms with E-state index in [0.717, 1.165) is 6.92 Å². The number of halogens is 5. The summed E-state index contributed by atoms with van der Waals surface area (Å²) >= 11 is 0. The number of alkyl carbamates (subject to hydrolysis) is 1. The van der Waals surface area contributed by atoms with Crippen LogP contribution in [0.1, 0.15) is 65.0 Å². The van der Waals surface area contributed by atoms with Crippen LogP contribution in [-0.4, -0.2) is 43.3 Å². The minimum Gasteiger partial charge on any atom is -0.464 e. The van der Waals surface area contributed by atoms with Gasteiger partial charge in [-0.1, -0.05) is 83.0 Å². The Bertz CT molecular complexity index is 1730. The van der Waals surface area contributed by atoms with E-state index >= 15 is 0 Å². The highest BCUT2D eigenvalue weighted by Crippen LogP contribution is 2.47. The van der Waals surface area contributed by atoms with Gasteiger partial charge in [0, 0.05) is 6.42 Å². The van der Waals surface area contributed by atoms with E-state index in [2.05, 4.69) is 10.4 Å². The first kappa shape index (κ1) is 43.7. The predicted octanol–water partition coefficient (Wildman–Crippen LogP) is 8.33. The summed E-state index contributed by atoms with van der Waals surface area (Å²) in [6.45, 7) is 8.83. The summed E-state index contributed by atoms with van der Waals surface area (Å²) in [6, 6.07) is 11.2. The van der Waals surface area contributed by atoms with Gasteiger partial charge in [-0.05, 0) is 48.4 Å². The van der Waals surface area contributed by atoms with Gasteiger partial charge in [-0.3, -0.25) is 4.79 Å². The molecule has 0 spiro atoms. The van der Waals surface area contributed by atoms with Gasteiger partial charge in [0.2, 0.25) is 34.8 Å². The summed E-state index contributed by atoms with van der Waals surface area (Å²) in [5.41, 5.74) is 1.11. The van der Waals surface area contributed by atoms with Gasteiger partial charge in [-0.25, -0.2) is 27.3 Å². The van der Waals surface area contributed by atoms with E-state index in [-0.39, 0.29) is 43.8 Å². The molecule has 0 aliphatic carbocycles. The summed E-state index contributed by atoms with van der Waals surface area (Å²) in [6.07, 6.45) is 0.910. The second-order valence-corrected chi connectivity index (χ2v) is 14.3. The van der Waals surface area contributed by atoms with Crippen molar-refractivity contribution in [3.8, 4) is 11.5 Å². The van der Waals surface area contributed by atoms with Crippen LogP contribution in [0.25, 0.3) is 0 Å². The fourth-order valence-electron chi connectivity index (χ4n) is 4.65. The molecule has 3 atom stereocenters. The van der Waals surface area contributed by atoms with Crippen LogP contribution in [0.2, 0.25) is 0 Å². The molecule has 0 heterocycles. The van der Waals surface area contributed by atoms with E-state index < -0.39 is 72.7 Å². The molecule has 0 aliphatic heterocycles. The van der Waals surface area contributed by atoms with Gasteiger partial charge in [0.15, 0.2) is 0 Å². The fraction of sp³-hybridized carbons (Fsp3) is 0.432. The number of esters is 2. The standard InChI is InChI=1S/C37H44F5N2O9P/c1-6-24(7-2)20-50-35(45)23(5)44-54(48,53-34-32(41)30(39)29(38)31(40)33(34)42)52-27-15-13-25(14-16-27)19-28(36(46)49-18-17-22(3)4)43-37(47)51-21-26-11-9-8-10-12-26/h8-16,22-24,28H,6-7,17-21H2,1-5H3,(H,43,47)(H,44,48)/t23-,28-,54?/m0/s1. The number of amides is 1. The van der Waals surface area contributed by atoms with Crippen LogP contribution in [0.4, 0.5) is 26.7 Å². The number of carbonyl (C=O) groups is 3. The predicted molar refractivity (Wildman–Crippen MR) is 187 cm³/mol. The molecule has 0 aromatic heterocycles. The molecular weight excluding hydrogens is 742 g/mol. The molecule has 0 radical (unpaired) electrons. The quantitative estimate of drug-likeness (QED) is 0.0287. The molecule has 0 saturated heterocycles. The lowest BCUT2D eigenvalue weighted by atomic mass is 10.1. The zero-order valence-corrected chi connectivity index (χ0v) is 31.4. The molecule has 0 aliphatic rings. The van der Waals surface area contributed by atoms with Crippen LogP contribution >= 0.6 is 7.75 Å². The summed E-state index contributed by atoms with van der Waals surface area (Å²) in [5, 5.41) is 4.62. The van der Waals surface area contributed by atoms with Crippen LogP contribution in [0.3, 0.4) is 0 Å². The third-order valence-electron chi connectivity index (χ3n) is 8.02. The second kappa shape index (κ2) is 20.7.